The Hall–Kier alpha value is -1.46. The first-order chi connectivity index (χ1) is 9.51. The molecule has 2 rings (SSSR count). The zero-order chi connectivity index (χ0) is 14.7. The standard InChI is InChI=1S/C14H11IN2O2S/c1-3-4-19-12-9(5-8(2)6-10(12)15)7-11-13(18)17-14(16)20-11/h1,5-7H,4H2,2H3,(H2,16,17,18)/b11-7-. The van der Waals surface area contributed by atoms with E-state index in [4.69, 9.17) is 16.6 Å². The predicted molar refractivity (Wildman–Crippen MR) is 89.7 cm³/mol. The zero-order valence-corrected chi connectivity index (χ0v) is 13.6. The van der Waals surface area contributed by atoms with Crippen molar-refractivity contribution in [3.8, 4) is 18.1 Å². The summed E-state index contributed by atoms with van der Waals surface area (Å²) in [5.74, 6) is 2.83. The SMILES string of the molecule is C#CCOc1c(I)cc(C)cc1/C=C1\SC(=N)NC1=O. The zero-order valence-electron chi connectivity index (χ0n) is 10.6. The molecule has 0 bridgehead atoms. The summed E-state index contributed by atoms with van der Waals surface area (Å²) >= 11 is 3.27. The van der Waals surface area contributed by atoms with Gasteiger partial charge in [0.2, 0.25) is 0 Å². The van der Waals surface area contributed by atoms with Crippen molar-refractivity contribution in [2.75, 3.05) is 6.61 Å². The molecule has 0 spiro atoms. The molecule has 0 aromatic heterocycles. The molecule has 0 atom stereocenters. The largest absolute Gasteiger partial charge is 0.479 e. The van der Waals surface area contributed by atoms with Gasteiger partial charge in [-0.3, -0.25) is 10.2 Å². The highest BCUT2D eigenvalue weighted by Gasteiger charge is 2.23. The third kappa shape index (κ3) is 3.35. The van der Waals surface area contributed by atoms with Crippen LogP contribution in [0.25, 0.3) is 6.08 Å². The van der Waals surface area contributed by atoms with E-state index in [1.165, 1.54) is 0 Å². The summed E-state index contributed by atoms with van der Waals surface area (Å²) in [4.78, 5) is 12.1. The van der Waals surface area contributed by atoms with E-state index in [9.17, 15) is 4.79 Å². The highest BCUT2D eigenvalue weighted by Crippen LogP contribution is 2.32. The quantitative estimate of drug-likeness (QED) is 0.468. The van der Waals surface area contributed by atoms with Crippen LogP contribution in [0.3, 0.4) is 0 Å². The normalized spacial score (nSPS) is 16.1. The Bertz CT molecular complexity index is 662. The molecule has 1 heterocycles. The van der Waals surface area contributed by atoms with Gasteiger partial charge in [-0.05, 0) is 65.0 Å². The number of hydrogen-bond donors (Lipinski definition) is 2. The van der Waals surface area contributed by atoms with Crippen LogP contribution in [-0.4, -0.2) is 17.7 Å². The number of ether oxygens (including phenoxy) is 1. The maximum atomic E-state index is 11.7. The summed E-state index contributed by atoms with van der Waals surface area (Å²) in [6, 6.07) is 3.91. The van der Waals surface area contributed by atoms with Crippen LogP contribution in [-0.2, 0) is 4.79 Å². The lowest BCUT2D eigenvalue weighted by molar-refractivity contribution is -0.115. The van der Waals surface area contributed by atoms with Gasteiger partial charge in [0, 0.05) is 5.56 Å². The number of halogens is 1. The van der Waals surface area contributed by atoms with Crippen molar-refractivity contribution in [2.45, 2.75) is 6.92 Å². The number of carbonyl (C=O) groups excluding carboxylic acids is 1. The van der Waals surface area contributed by atoms with E-state index >= 15 is 0 Å². The van der Waals surface area contributed by atoms with Crippen molar-refractivity contribution in [3.05, 3.63) is 31.7 Å². The predicted octanol–water partition coefficient (Wildman–Crippen LogP) is 2.75. The van der Waals surface area contributed by atoms with Crippen molar-refractivity contribution in [1.82, 2.24) is 5.32 Å². The molecule has 102 valence electrons. The molecule has 0 radical (unpaired) electrons. The molecule has 2 N–H and O–H groups in total. The molecule has 1 aromatic rings. The Morgan fingerprint density at radius 3 is 2.95 bits per heavy atom. The van der Waals surface area contributed by atoms with E-state index < -0.39 is 0 Å². The summed E-state index contributed by atoms with van der Waals surface area (Å²) in [6.07, 6.45) is 6.95. The fraction of sp³-hybridized carbons (Fsp3) is 0.143. The molecule has 1 aliphatic heterocycles. The maximum Gasteiger partial charge on any atom is 0.264 e. The first-order valence-electron chi connectivity index (χ1n) is 5.67. The summed E-state index contributed by atoms with van der Waals surface area (Å²) in [5, 5.41) is 10.0. The number of amides is 1. The molecule has 0 unspecified atom stereocenters. The van der Waals surface area contributed by atoms with Crippen molar-refractivity contribution >= 4 is 51.5 Å². The minimum absolute atomic E-state index is 0.134. The molecule has 20 heavy (non-hydrogen) atoms. The van der Waals surface area contributed by atoms with E-state index in [1.54, 1.807) is 6.08 Å². The second-order valence-corrected chi connectivity index (χ2v) is 6.27. The average molecular weight is 398 g/mol. The van der Waals surface area contributed by atoms with E-state index in [0.717, 1.165) is 26.5 Å². The number of nitrogens with one attached hydrogen (secondary N) is 2. The number of terminal acetylenes is 1. The van der Waals surface area contributed by atoms with Crippen molar-refractivity contribution in [3.63, 3.8) is 0 Å². The molecule has 1 amide bonds. The summed E-state index contributed by atoms with van der Waals surface area (Å²) in [7, 11) is 0. The van der Waals surface area contributed by atoms with Crippen LogP contribution in [0.4, 0.5) is 0 Å². The topological polar surface area (TPSA) is 62.2 Å². The van der Waals surface area contributed by atoms with Gasteiger partial charge in [-0.15, -0.1) is 6.42 Å². The second kappa shape index (κ2) is 6.33. The third-order valence-corrected chi connectivity index (χ3v) is 4.10. The van der Waals surface area contributed by atoms with Crippen LogP contribution in [0.2, 0.25) is 0 Å². The molecule has 1 saturated heterocycles. The number of aryl methyl sites for hydroxylation is 1. The van der Waals surface area contributed by atoms with E-state index in [2.05, 4.69) is 33.8 Å². The molecule has 1 aromatic carbocycles. The Kier molecular flexibility index (Phi) is 4.73. The second-order valence-electron chi connectivity index (χ2n) is 4.05. The smallest absolute Gasteiger partial charge is 0.264 e. The Balaban J connectivity index is 2.45. The minimum Gasteiger partial charge on any atom is -0.479 e. The number of benzene rings is 1. The van der Waals surface area contributed by atoms with Gasteiger partial charge in [0.05, 0.1) is 8.48 Å². The summed E-state index contributed by atoms with van der Waals surface area (Å²) < 4.78 is 6.50. The Morgan fingerprint density at radius 1 is 1.60 bits per heavy atom. The van der Waals surface area contributed by atoms with E-state index in [1.807, 2.05) is 19.1 Å². The van der Waals surface area contributed by atoms with Gasteiger partial charge < -0.3 is 10.1 Å². The van der Waals surface area contributed by atoms with Gasteiger partial charge in [-0.2, -0.15) is 0 Å². The highest BCUT2D eigenvalue weighted by molar-refractivity contribution is 14.1. The highest BCUT2D eigenvalue weighted by atomic mass is 127. The van der Waals surface area contributed by atoms with Crippen LogP contribution in [0.1, 0.15) is 11.1 Å². The van der Waals surface area contributed by atoms with E-state index in [0.29, 0.717) is 10.7 Å². The lowest BCUT2D eigenvalue weighted by atomic mass is 10.1. The lowest BCUT2D eigenvalue weighted by Gasteiger charge is -2.11. The number of thioether (sulfide) groups is 1. The molecular formula is C14H11IN2O2S. The van der Waals surface area contributed by atoms with Crippen LogP contribution in [0.15, 0.2) is 17.0 Å². The van der Waals surface area contributed by atoms with Crippen molar-refractivity contribution in [1.29, 1.82) is 5.41 Å². The number of amidine groups is 1. The van der Waals surface area contributed by atoms with Crippen LogP contribution in [0.5, 0.6) is 5.75 Å². The molecular weight excluding hydrogens is 387 g/mol. The minimum atomic E-state index is -0.264. The molecule has 4 nitrogen and oxygen atoms in total. The van der Waals surface area contributed by atoms with Gasteiger partial charge >= 0.3 is 0 Å². The number of rotatable bonds is 3. The first kappa shape index (κ1) is 14.9. The van der Waals surface area contributed by atoms with E-state index in [-0.39, 0.29) is 17.7 Å². The third-order valence-electron chi connectivity index (χ3n) is 2.47. The molecule has 0 aliphatic carbocycles. The van der Waals surface area contributed by atoms with Gasteiger partial charge in [0.25, 0.3) is 5.91 Å². The number of carbonyl (C=O) groups is 1. The first-order valence-corrected chi connectivity index (χ1v) is 7.56. The van der Waals surface area contributed by atoms with Gasteiger partial charge in [0.15, 0.2) is 5.17 Å². The van der Waals surface area contributed by atoms with Crippen molar-refractivity contribution < 1.29 is 9.53 Å². The van der Waals surface area contributed by atoms with Crippen molar-refractivity contribution in [2.24, 2.45) is 0 Å². The van der Waals surface area contributed by atoms with Crippen LogP contribution >= 0.6 is 34.4 Å². The summed E-state index contributed by atoms with van der Waals surface area (Å²) in [5.41, 5.74) is 1.85. The van der Waals surface area contributed by atoms with Gasteiger partial charge in [-0.1, -0.05) is 5.92 Å². The lowest BCUT2D eigenvalue weighted by Crippen LogP contribution is -2.18. The van der Waals surface area contributed by atoms with Gasteiger partial charge in [0.1, 0.15) is 12.4 Å². The van der Waals surface area contributed by atoms with Gasteiger partial charge in [-0.25, -0.2) is 0 Å². The Morgan fingerprint density at radius 2 is 2.35 bits per heavy atom. The molecule has 1 aliphatic rings. The monoisotopic (exact) mass is 398 g/mol. The molecule has 6 heteroatoms. The fourth-order valence-corrected chi connectivity index (χ4v) is 3.36. The fourth-order valence-electron chi connectivity index (χ4n) is 1.71. The maximum absolute atomic E-state index is 11.7. The summed E-state index contributed by atoms with van der Waals surface area (Å²) in [6.45, 7) is 2.14. The Labute approximate surface area is 135 Å². The van der Waals surface area contributed by atoms with Crippen LogP contribution < -0.4 is 10.1 Å². The molecule has 0 saturated carbocycles. The number of hydrogen-bond acceptors (Lipinski definition) is 4. The average Bonchev–Trinajstić information content (AvgIpc) is 2.66. The van der Waals surface area contributed by atoms with Crippen LogP contribution in [0, 0.1) is 28.2 Å². The molecule has 1 fully saturated rings.